The Balaban J connectivity index is 2.09. The van der Waals surface area contributed by atoms with Crippen LogP contribution in [0.3, 0.4) is 0 Å². The molecule has 0 aliphatic carbocycles. The van der Waals surface area contributed by atoms with Gasteiger partial charge in [-0.3, -0.25) is 0 Å². The molecule has 3 aromatic rings. The number of thiophene rings is 1. The number of carbonyl (C=O) groups is 1. The predicted molar refractivity (Wildman–Crippen MR) is 86.2 cm³/mol. The molecule has 108 valence electrons. The number of carbonyl (C=O) groups excluding carboxylic acids is 1. The van der Waals surface area contributed by atoms with Crippen molar-refractivity contribution in [1.29, 1.82) is 0 Å². The number of hydrogen-bond donors (Lipinski definition) is 0. The second-order valence-corrected chi connectivity index (χ2v) is 6.49. The number of aryl methyl sites for hydroxylation is 2. The van der Waals surface area contributed by atoms with E-state index >= 15 is 0 Å². The Morgan fingerprint density at radius 3 is 2.57 bits per heavy atom. The minimum Gasteiger partial charge on any atom is -0.464 e. The number of rotatable bonds is 3. The van der Waals surface area contributed by atoms with E-state index < -0.39 is 0 Å². The van der Waals surface area contributed by atoms with Crippen LogP contribution >= 0.6 is 11.3 Å². The third-order valence-corrected chi connectivity index (χ3v) is 4.56. The van der Waals surface area contributed by atoms with Crippen LogP contribution in [0.4, 0.5) is 0 Å². The highest BCUT2D eigenvalue weighted by atomic mass is 32.1. The van der Waals surface area contributed by atoms with Gasteiger partial charge in [0, 0.05) is 11.4 Å². The summed E-state index contributed by atoms with van der Waals surface area (Å²) in [6.07, 6.45) is 0. The van der Waals surface area contributed by atoms with E-state index in [0.29, 0.717) is 12.2 Å². The highest BCUT2D eigenvalue weighted by Crippen LogP contribution is 2.29. The Kier molecular flexibility index (Phi) is 3.55. The summed E-state index contributed by atoms with van der Waals surface area (Å²) in [5.41, 5.74) is 4.11. The van der Waals surface area contributed by atoms with Gasteiger partial charge in [0.15, 0.2) is 0 Å². The molecular formula is C17H17NO2S. The lowest BCUT2D eigenvalue weighted by Crippen LogP contribution is -2.11. The monoisotopic (exact) mass is 299 g/mol. The van der Waals surface area contributed by atoms with Crippen LogP contribution in [0.1, 0.15) is 26.5 Å². The van der Waals surface area contributed by atoms with Crippen molar-refractivity contribution in [2.24, 2.45) is 0 Å². The van der Waals surface area contributed by atoms with Gasteiger partial charge in [0.1, 0.15) is 5.69 Å². The van der Waals surface area contributed by atoms with E-state index in [9.17, 15) is 4.79 Å². The lowest BCUT2D eigenvalue weighted by molar-refractivity contribution is 0.0589. The molecule has 0 fully saturated rings. The van der Waals surface area contributed by atoms with Gasteiger partial charge in [0.2, 0.25) is 0 Å². The molecule has 0 bridgehead atoms. The zero-order valence-corrected chi connectivity index (χ0v) is 13.2. The van der Waals surface area contributed by atoms with Gasteiger partial charge in [-0.15, -0.1) is 11.3 Å². The highest BCUT2D eigenvalue weighted by Gasteiger charge is 2.17. The average Bonchev–Trinajstić information content (AvgIpc) is 2.98. The summed E-state index contributed by atoms with van der Waals surface area (Å²) >= 11 is 1.70. The van der Waals surface area contributed by atoms with Crippen LogP contribution < -0.4 is 0 Å². The van der Waals surface area contributed by atoms with Crippen molar-refractivity contribution in [3.05, 3.63) is 58.1 Å². The molecule has 1 aromatic carbocycles. The summed E-state index contributed by atoms with van der Waals surface area (Å²) in [4.78, 5) is 13.2. The van der Waals surface area contributed by atoms with Crippen molar-refractivity contribution in [2.75, 3.05) is 7.11 Å². The zero-order chi connectivity index (χ0) is 15.0. The second-order valence-electron chi connectivity index (χ2n) is 5.20. The van der Waals surface area contributed by atoms with Gasteiger partial charge in [0.25, 0.3) is 0 Å². The first-order valence-electron chi connectivity index (χ1n) is 6.82. The molecule has 3 rings (SSSR count). The molecule has 0 aliphatic heterocycles. The molecule has 2 heterocycles. The first-order valence-corrected chi connectivity index (χ1v) is 7.63. The summed E-state index contributed by atoms with van der Waals surface area (Å²) in [7, 11) is 1.42. The molecule has 0 unspecified atom stereocenters. The fourth-order valence-electron chi connectivity index (χ4n) is 2.49. The van der Waals surface area contributed by atoms with Gasteiger partial charge >= 0.3 is 5.97 Å². The molecule has 0 aliphatic rings. The van der Waals surface area contributed by atoms with Crippen LogP contribution in [0.25, 0.3) is 10.2 Å². The van der Waals surface area contributed by atoms with Crippen molar-refractivity contribution in [1.82, 2.24) is 4.57 Å². The van der Waals surface area contributed by atoms with Crippen LogP contribution in [0, 0.1) is 13.8 Å². The predicted octanol–water partition coefficient (Wildman–Crippen LogP) is 4.15. The molecule has 21 heavy (non-hydrogen) atoms. The number of aromatic nitrogens is 1. The SMILES string of the molecule is COC(=O)c1cc2sc(C)cc2n1Cc1ccc(C)cc1. The molecule has 2 aromatic heterocycles. The van der Waals surface area contributed by atoms with E-state index in [1.807, 2.05) is 10.6 Å². The van der Waals surface area contributed by atoms with Gasteiger partial charge in [-0.05, 0) is 31.5 Å². The molecule has 0 atom stereocenters. The smallest absolute Gasteiger partial charge is 0.354 e. The maximum atomic E-state index is 12.0. The van der Waals surface area contributed by atoms with Crippen molar-refractivity contribution >= 4 is 27.5 Å². The number of fused-ring (bicyclic) bond motifs is 1. The fraction of sp³-hybridized carbons (Fsp3) is 0.235. The summed E-state index contributed by atoms with van der Waals surface area (Å²) < 4.78 is 8.07. The van der Waals surface area contributed by atoms with E-state index in [2.05, 4.69) is 44.2 Å². The van der Waals surface area contributed by atoms with Crippen molar-refractivity contribution < 1.29 is 9.53 Å². The topological polar surface area (TPSA) is 31.2 Å². The number of nitrogens with zero attached hydrogens (tertiary/aromatic N) is 1. The maximum absolute atomic E-state index is 12.0. The van der Waals surface area contributed by atoms with Crippen LogP contribution in [0.15, 0.2) is 36.4 Å². The summed E-state index contributed by atoms with van der Waals surface area (Å²) in [5, 5.41) is 0. The highest BCUT2D eigenvalue weighted by molar-refractivity contribution is 7.19. The fourth-order valence-corrected chi connectivity index (χ4v) is 3.45. The Bertz CT molecular complexity index is 796. The number of esters is 1. The summed E-state index contributed by atoms with van der Waals surface area (Å²) in [5.74, 6) is -0.289. The summed E-state index contributed by atoms with van der Waals surface area (Å²) in [6.45, 7) is 4.82. The minimum absolute atomic E-state index is 0.289. The molecule has 0 radical (unpaired) electrons. The Hall–Kier alpha value is -2.07. The van der Waals surface area contributed by atoms with E-state index in [1.165, 1.54) is 23.1 Å². The van der Waals surface area contributed by atoms with E-state index in [0.717, 1.165) is 10.2 Å². The third kappa shape index (κ3) is 2.59. The van der Waals surface area contributed by atoms with Crippen molar-refractivity contribution in [3.8, 4) is 0 Å². The van der Waals surface area contributed by atoms with E-state index in [1.54, 1.807) is 11.3 Å². The van der Waals surface area contributed by atoms with Gasteiger partial charge in [-0.1, -0.05) is 29.8 Å². The molecule has 0 amide bonds. The molecule has 0 saturated carbocycles. The second kappa shape index (κ2) is 5.37. The Morgan fingerprint density at radius 2 is 1.90 bits per heavy atom. The van der Waals surface area contributed by atoms with Gasteiger partial charge < -0.3 is 9.30 Å². The minimum atomic E-state index is -0.289. The first-order chi connectivity index (χ1) is 10.1. The lowest BCUT2D eigenvalue weighted by atomic mass is 10.1. The zero-order valence-electron chi connectivity index (χ0n) is 12.3. The van der Waals surface area contributed by atoms with E-state index in [4.69, 9.17) is 4.74 Å². The number of hydrogen-bond acceptors (Lipinski definition) is 3. The van der Waals surface area contributed by atoms with Crippen LogP contribution in [0.2, 0.25) is 0 Å². The van der Waals surface area contributed by atoms with Crippen molar-refractivity contribution in [3.63, 3.8) is 0 Å². The largest absolute Gasteiger partial charge is 0.464 e. The first kappa shape index (κ1) is 13.9. The molecule has 0 spiro atoms. The maximum Gasteiger partial charge on any atom is 0.354 e. The van der Waals surface area contributed by atoms with Crippen LogP contribution in [0.5, 0.6) is 0 Å². The molecule has 0 saturated heterocycles. The molecule has 0 N–H and O–H groups in total. The van der Waals surface area contributed by atoms with Gasteiger partial charge in [-0.2, -0.15) is 0 Å². The normalized spacial score (nSPS) is 11.0. The number of methoxy groups -OCH3 is 1. The van der Waals surface area contributed by atoms with Gasteiger partial charge in [-0.25, -0.2) is 4.79 Å². The lowest BCUT2D eigenvalue weighted by Gasteiger charge is -2.09. The summed E-state index contributed by atoms with van der Waals surface area (Å²) in [6, 6.07) is 12.4. The Morgan fingerprint density at radius 1 is 1.19 bits per heavy atom. The molecule has 4 heteroatoms. The standard InChI is InChI=1S/C17H17NO2S/c1-11-4-6-13(7-5-11)10-18-14-8-12(2)21-16(14)9-15(18)17(19)20-3/h4-9H,10H2,1-3H3. The van der Waals surface area contributed by atoms with Gasteiger partial charge in [0.05, 0.1) is 17.3 Å². The van der Waals surface area contributed by atoms with Crippen LogP contribution in [-0.4, -0.2) is 17.6 Å². The number of benzene rings is 1. The quantitative estimate of drug-likeness (QED) is 0.680. The third-order valence-electron chi connectivity index (χ3n) is 3.57. The van der Waals surface area contributed by atoms with Crippen LogP contribution in [-0.2, 0) is 11.3 Å². The molecular weight excluding hydrogens is 282 g/mol. The average molecular weight is 299 g/mol. The number of ether oxygens (including phenoxy) is 1. The van der Waals surface area contributed by atoms with E-state index in [-0.39, 0.29) is 5.97 Å². The Labute approximate surface area is 127 Å². The van der Waals surface area contributed by atoms with Crippen molar-refractivity contribution in [2.45, 2.75) is 20.4 Å². The molecule has 3 nitrogen and oxygen atoms in total.